The van der Waals surface area contributed by atoms with Gasteiger partial charge in [-0.1, -0.05) is 25.3 Å². The summed E-state index contributed by atoms with van der Waals surface area (Å²) in [6.45, 7) is 0.264. The fourth-order valence-corrected chi connectivity index (χ4v) is 6.01. The summed E-state index contributed by atoms with van der Waals surface area (Å²) < 4.78 is 27.1. The van der Waals surface area contributed by atoms with E-state index in [4.69, 9.17) is 28.7 Å². The molecule has 1 aliphatic carbocycles. The van der Waals surface area contributed by atoms with E-state index < -0.39 is 18.0 Å². The van der Waals surface area contributed by atoms with Crippen molar-refractivity contribution in [3.8, 4) is 11.5 Å². The number of esters is 2. The number of carbonyl (C=O) groups is 2. The normalized spacial score (nSPS) is 20.0. The summed E-state index contributed by atoms with van der Waals surface area (Å²) in [5, 5.41) is 0. The van der Waals surface area contributed by atoms with Crippen molar-refractivity contribution in [2.75, 3.05) is 44.5 Å². The molecular weight excluding hydrogens is 502 g/mol. The highest BCUT2D eigenvalue weighted by Gasteiger charge is 2.47. The third kappa shape index (κ3) is 4.19. The molecule has 0 N–H and O–H groups in total. The second-order valence-electron chi connectivity index (χ2n) is 9.94. The molecule has 2 aromatic rings. The lowest BCUT2D eigenvalue weighted by Gasteiger charge is -2.39. The molecule has 0 amide bonds. The van der Waals surface area contributed by atoms with Gasteiger partial charge >= 0.3 is 11.9 Å². The predicted octanol–water partition coefficient (Wildman–Crippen LogP) is 4.35. The van der Waals surface area contributed by atoms with E-state index in [1.165, 1.54) is 20.6 Å². The summed E-state index contributed by atoms with van der Waals surface area (Å²) in [4.78, 5) is 35.3. The first-order chi connectivity index (χ1) is 19.0. The maximum absolute atomic E-state index is 13.4. The summed E-state index contributed by atoms with van der Waals surface area (Å²) in [6.07, 6.45) is 5.50. The van der Waals surface area contributed by atoms with Gasteiger partial charge in [-0.25, -0.2) is 14.6 Å². The fourth-order valence-electron chi connectivity index (χ4n) is 6.01. The number of ether oxygens (including phenoxy) is 5. The van der Waals surface area contributed by atoms with Gasteiger partial charge in [0, 0.05) is 13.2 Å². The van der Waals surface area contributed by atoms with E-state index in [0.717, 1.165) is 42.6 Å². The molecule has 0 radical (unpaired) electrons. The van der Waals surface area contributed by atoms with Crippen LogP contribution in [0.2, 0.25) is 0 Å². The summed E-state index contributed by atoms with van der Waals surface area (Å²) in [5.41, 5.74) is 3.77. The van der Waals surface area contributed by atoms with Crippen molar-refractivity contribution in [1.82, 2.24) is 0 Å². The summed E-state index contributed by atoms with van der Waals surface area (Å²) in [6, 6.07) is 10.8. The van der Waals surface area contributed by atoms with Crippen LogP contribution in [0.25, 0.3) is 0 Å². The van der Waals surface area contributed by atoms with Gasteiger partial charge in [0.05, 0.1) is 55.1 Å². The number of hydrogen-bond donors (Lipinski definition) is 0. The number of benzene rings is 2. The van der Waals surface area contributed by atoms with Gasteiger partial charge in [0.15, 0.2) is 11.5 Å². The molecule has 1 unspecified atom stereocenters. The number of aliphatic imine (C=N–C) groups is 1. The fraction of sp³-hybridized carbons (Fsp3) is 0.414. The summed E-state index contributed by atoms with van der Waals surface area (Å²) >= 11 is 0. The number of methoxy groups -OCH3 is 3. The predicted molar refractivity (Wildman–Crippen MR) is 143 cm³/mol. The number of carbonyl (C=O) groups excluding carboxylic acids is 2. The van der Waals surface area contributed by atoms with Crippen molar-refractivity contribution < 1.29 is 33.3 Å². The quantitative estimate of drug-likeness (QED) is 0.502. The second kappa shape index (κ2) is 10.3. The zero-order valence-corrected chi connectivity index (χ0v) is 22.3. The third-order valence-corrected chi connectivity index (χ3v) is 7.76. The molecule has 0 saturated heterocycles. The van der Waals surface area contributed by atoms with Crippen LogP contribution in [0.4, 0.5) is 11.4 Å². The van der Waals surface area contributed by atoms with E-state index in [0.29, 0.717) is 34.3 Å². The van der Waals surface area contributed by atoms with Crippen LogP contribution in [0.3, 0.4) is 0 Å². The van der Waals surface area contributed by atoms with Gasteiger partial charge in [-0.15, -0.1) is 0 Å². The van der Waals surface area contributed by atoms with Crippen molar-refractivity contribution in [2.24, 2.45) is 4.99 Å². The van der Waals surface area contributed by atoms with Gasteiger partial charge in [-0.3, -0.25) is 4.90 Å². The van der Waals surface area contributed by atoms with E-state index in [1.54, 1.807) is 13.2 Å². The Balaban J connectivity index is 1.59. The van der Waals surface area contributed by atoms with Crippen molar-refractivity contribution >= 4 is 29.3 Å². The Morgan fingerprint density at radius 3 is 2.41 bits per heavy atom. The molecule has 1 fully saturated rings. The van der Waals surface area contributed by atoms with Gasteiger partial charge in [-0.2, -0.15) is 0 Å². The standard InChI is InChI=1S/C29H31N3O7/c1-35-15-20-25(28(34)37-3)26(17-10-12-23-24(14-17)39-16-38-23)32-22-13-18(27(33)36-2)9-11-21(22)31(29(32)30-20)19-7-5-4-6-8-19/h9-14,19,26H,4-8,15-16H2,1-3H3. The second-order valence-corrected chi connectivity index (χ2v) is 9.94. The lowest BCUT2D eigenvalue weighted by molar-refractivity contribution is -0.136. The first kappa shape index (κ1) is 25.2. The van der Waals surface area contributed by atoms with E-state index in [-0.39, 0.29) is 19.4 Å². The molecule has 1 atom stereocenters. The summed E-state index contributed by atoms with van der Waals surface area (Å²) in [7, 11) is 4.30. The zero-order chi connectivity index (χ0) is 27.1. The highest BCUT2D eigenvalue weighted by atomic mass is 16.7. The van der Waals surface area contributed by atoms with Crippen LogP contribution in [0, 0.1) is 0 Å². The molecule has 3 aliphatic heterocycles. The minimum absolute atomic E-state index is 0.130. The molecule has 6 rings (SSSR count). The van der Waals surface area contributed by atoms with Crippen LogP contribution in [0.1, 0.15) is 54.1 Å². The van der Waals surface area contributed by atoms with Gasteiger partial charge in [0.1, 0.15) is 0 Å². The van der Waals surface area contributed by atoms with Crippen molar-refractivity contribution in [3.63, 3.8) is 0 Å². The first-order valence-electron chi connectivity index (χ1n) is 13.1. The molecule has 1 saturated carbocycles. The largest absolute Gasteiger partial charge is 0.466 e. The lowest BCUT2D eigenvalue weighted by atomic mass is 9.93. The Kier molecular flexibility index (Phi) is 6.64. The highest BCUT2D eigenvalue weighted by Crippen LogP contribution is 2.51. The molecule has 3 heterocycles. The number of nitrogens with zero attached hydrogens (tertiary/aromatic N) is 3. The molecule has 0 bridgehead atoms. The van der Waals surface area contributed by atoms with Crippen molar-refractivity contribution in [3.05, 3.63) is 58.8 Å². The highest BCUT2D eigenvalue weighted by molar-refractivity contribution is 6.20. The molecule has 39 heavy (non-hydrogen) atoms. The minimum atomic E-state index is -0.621. The van der Waals surface area contributed by atoms with Crippen LogP contribution in [-0.4, -0.2) is 58.7 Å². The molecule has 0 spiro atoms. The average Bonchev–Trinajstić information content (AvgIpc) is 3.57. The Morgan fingerprint density at radius 2 is 1.67 bits per heavy atom. The Morgan fingerprint density at radius 1 is 0.897 bits per heavy atom. The van der Waals surface area contributed by atoms with Gasteiger partial charge in [-0.05, 0) is 48.7 Å². The van der Waals surface area contributed by atoms with Crippen LogP contribution >= 0.6 is 0 Å². The van der Waals surface area contributed by atoms with Crippen LogP contribution < -0.4 is 19.3 Å². The minimum Gasteiger partial charge on any atom is -0.466 e. The van der Waals surface area contributed by atoms with Crippen molar-refractivity contribution in [1.29, 1.82) is 0 Å². The smallest absolute Gasteiger partial charge is 0.338 e. The Bertz CT molecular complexity index is 1380. The van der Waals surface area contributed by atoms with E-state index in [2.05, 4.69) is 4.90 Å². The van der Waals surface area contributed by atoms with Crippen LogP contribution in [0.5, 0.6) is 11.5 Å². The van der Waals surface area contributed by atoms with E-state index in [1.807, 2.05) is 35.2 Å². The molecule has 10 heteroatoms. The molecule has 4 aliphatic rings. The number of rotatable bonds is 6. The average molecular weight is 534 g/mol. The number of hydrogen-bond acceptors (Lipinski definition) is 10. The molecule has 2 aromatic carbocycles. The number of anilines is 2. The number of guanidine groups is 1. The monoisotopic (exact) mass is 533 g/mol. The van der Waals surface area contributed by atoms with E-state index in [9.17, 15) is 9.59 Å². The third-order valence-electron chi connectivity index (χ3n) is 7.76. The Labute approximate surface area is 226 Å². The SMILES string of the molecule is COCC1=C(C(=O)OC)C(c2ccc3c(c2)OCO3)N2C(=N1)N(C1CCCCC1)c1ccc(C(=O)OC)cc12. The van der Waals surface area contributed by atoms with E-state index >= 15 is 0 Å². The maximum atomic E-state index is 13.4. The van der Waals surface area contributed by atoms with Crippen molar-refractivity contribution in [2.45, 2.75) is 44.2 Å². The summed E-state index contributed by atoms with van der Waals surface area (Å²) in [5.74, 6) is 0.993. The first-order valence-corrected chi connectivity index (χ1v) is 13.1. The maximum Gasteiger partial charge on any atom is 0.338 e. The molecule has 10 nitrogen and oxygen atoms in total. The van der Waals surface area contributed by atoms with Gasteiger partial charge in [0.25, 0.3) is 0 Å². The lowest BCUT2D eigenvalue weighted by Crippen LogP contribution is -2.49. The van der Waals surface area contributed by atoms with Gasteiger partial charge < -0.3 is 28.6 Å². The molecule has 0 aromatic heterocycles. The number of fused-ring (bicyclic) bond motifs is 4. The molecule has 204 valence electrons. The topological polar surface area (TPSA) is 99.1 Å². The van der Waals surface area contributed by atoms with Crippen LogP contribution in [-0.2, 0) is 19.0 Å². The van der Waals surface area contributed by atoms with Gasteiger partial charge in [0.2, 0.25) is 12.8 Å². The zero-order valence-electron chi connectivity index (χ0n) is 22.3. The molecular formula is C29H31N3O7. The van der Waals surface area contributed by atoms with Crippen LogP contribution in [0.15, 0.2) is 52.7 Å². The Hall–Kier alpha value is -4.05.